The molecule has 0 aliphatic carbocycles. The molecule has 3 nitrogen and oxygen atoms in total. The van der Waals surface area contributed by atoms with Gasteiger partial charge < -0.3 is 10.2 Å². The van der Waals surface area contributed by atoms with Gasteiger partial charge in [0.05, 0.1) is 5.56 Å². The van der Waals surface area contributed by atoms with E-state index in [1.165, 1.54) is 12.1 Å². The van der Waals surface area contributed by atoms with Crippen LogP contribution in [0, 0.1) is 0 Å². The van der Waals surface area contributed by atoms with E-state index in [2.05, 4.69) is 4.98 Å². The van der Waals surface area contributed by atoms with Gasteiger partial charge in [0.15, 0.2) is 5.58 Å². The lowest BCUT2D eigenvalue weighted by Crippen LogP contribution is -2.03. The number of halogens is 3. The molecule has 108 valence electrons. The van der Waals surface area contributed by atoms with Crippen LogP contribution in [0.5, 0.6) is 0 Å². The highest BCUT2D eigenvalue weighted by atomic mass is 19.4. The Hall–Kier alpha value is -2.34. The van der Waals surface area contributed by atoms with Crippen LogP contribution < -0.4 is 5.73 Å². The number of oxazole rings is 1. The van der Waals surface area contributed by atoms with Gasteiger partial charge in [-0.05, 0) is 42.0 Å². The number of nitrogens with two attached hydrogens (primary N) is 1. The van der Waals surface area contributed by atoms with Crippen LogP contribution in [0.3, 0.4) is 0 Å². The number of hydrogen-bond acceptors (Lipinski definition) is 3. The number of nitrogens with zero attached hydrogens (tertiary/aromatic N) is 1. The highest BCUT2D eigenvalue weighted by molar-refractivity contribution is 5.76. The molecule has 0 spiro atoms. The van der Waals surface area contributed by atoms with Gasteiger partial charge in [0.1, 0.15) is 5.52 Å². The highest BCUT2D eigenvalue weighted by Crippen LogP contribution is 2.31. The monoisotopic (exact) mass is 292 g/mol. The molecule has 0 bridgehead atoms. The lowest BCUT2D eigenvalue weighted by Gasteiger charge is -2.05. The molecular weight excluding hydrogens is 281 g/mol. The molecule has 2 N–H and O–H groups in total. The van der Waals surface area contributed by atoms with E-state index in [0.29, 0.717) is 23.2 Å². The molecule has 3 aromatic rings. The van der Waals surface area contributed by atoms with Gasteiger partial charge in [0, 0.05) is 12.1 Å². The molecule has 0 amide bonds. The zero-order chi connectivity index (χ0) is 15.0. The molecule has 1 aromatic heterocycles. The van der Waals surface area contributed by atoms with Gasteiger partial charge >= 0.3 is 6.18 Å². The molecule has 1 heterocycles. The van der Waals surface area contributed by atoms with Crippen LogP contribution in [0.1, 0.15) is 11.1 Å². The summed E-state index contributed by atoms with van der Waals surface area (Å²) in [4.78, 5) is 4.26. The minimum absolute atomic E-state index is 0.285. The Morgan fingerprint density at radius 2 is 1.76 bits per heavy atom. The Kier molecular flexibility index (Phi) is 3.17. The maximum Gasteiger partial charge on any atom is 0.416 e. The summed E-state index contributed by atoms with van der Waals surface area (Å²) in [5.41, 5.74) is 7.44. The molecule has 0 unspecified atom stereocenters. The molecular formula is C15H11F3N2O. The number of benzene rings is 2. The standard InChI is InChI=1S/C15H11F3N2O/c16-15(17,18)11-4-2-10(3-5-11)14-20-12-6-1-9(8-19)7-13(12)21-14/h1-7H,8,19H2. The first kappa shape index (κ1) is 13.6. The van der Waals surface area contributed by atoms with E-state index in [1.807, 2.05) is 6.07 Å². The van der Waals surface area contributed by atoms with Gasteiger partial charge in [0.25, 0.3) is 0 Å². The Morgan fingerprint density at radius 1 is 1.05 bits per heavy atom. The fourth-order valence-electron chi connectivity index (χ4n) is 2.02. The second kappa shape index (κ2) is 4.89. The van der Waals surface area contributed by atoms with Crippen molar-refractivity contribution in [3.8, 4) is 11.5 Å². The second-order valence-electron chi connectivity index (χ2n) is 4.60. The molecule has 21 heavy (non-hydrogen) atoms. The van der Waals surface area contributed by atoms with Gasteiger partial charge in [-0.2, -0.15) is 13.2 Å². The summed E-state index contributed by atoms with van der Waals surface area (Å²) in [5, 5.41) is 0. The van der Waals surface area contributed by atoms with Crippen LogP contribution in [-0.4, -0.2) is 4.98 Å². The minimum atomic E-state index is -4.35. The largest absolute Gasteiger partial charge is 0.436 e. The summed E-state index contributed by atoms with van der Waals surface area (Å²) in [7, 11) is 0. The quantitative estimate of drug-likeness (QED) is 0.777. The lowest BCUT2D eigenvalue weighted by molar-refractivity contribution is -0.137. The smallest absolute Gasteiger partial charge is 0.416 e. The third kappa shape index (κ3) is 2.62. The summed E-state index contributed by atoms with van der Waals surface area (Å²) in [5.74, 6) is 0.285. The number of alkyl halides is 3. The number of fused-ring (bicyclic) bond motifs is 1. The second-order valence-corrected chi connectivity index (χ2v) is 4.60. The highest BCUT2D eigenvalue weighted by Gasteiger charge is 2.30. The van der Waals surface area contributed by atoms with Crippen molar-refractivity contribution in [1.82, 2.24) is 4.98 Å². The summed E-state index contributed by atoms with van der Waals surface area (Å²) in [6.45, 7) is 0.381. The van der Waals surface area contributed by atoms with Crippen molar-refractivity contribution < 1.29 is 17.6 Å². The molecule has 0 aliphatic heterocycles. The number of aromatic nitrogens is 1. The van der Waals surface area contributed by atoms with E-state index in [1.54, 1.807) is 12.1 Å². The van der Waals surface area contributed by atoms with Gasteiger partial charge in [0.2, 0.25) is 5.89 Å². The fourth-order valence-corrected chi connectivity index (χ4v) is 2.02. The maximum atomic E-state index is 12.5. The molecule has 0 saturated carbocycles. The van der Waals surface area contributed by atoms with Crippen molar-refractivity contribution >= 4 is 11.1 Å². The summed E-state index contributed by atoms with van der Waals surface area (Å²) in [6.07, 6.45) is -4.35. The summed E-state index contributed by atoms with van der Waals surface area (Å²) < 4.78 is 43.1. The molecule has 2 aromatic carbocycles. The van der Waals surface area contributed by atoms with E-state index in [0.717, 1.165) is 17.7 Å². The fraction of sp³-hybridized carbons (Fsp3) is 0.133. The summed E-state index contributed by atoms with van der Waals surface area (Å²) in [6, 6.07) is 10.1. The van der Waals surface area contributed by atoms with Crippen molar-refractivity contribution in [3.63, 3.8) is 0 Å². The van der Waals surface area contributed by atoms with E-state index in [9.17, 15) is 13.2 Å². The van der Waals surface area contributed by atoms with Crippen molar-refractivity contribution in [1.29, 1.82) is 0 Å². The first-order chi connectivity index (χ1) is 9.97. The normalized spacial score (nSPS) is 12.0. The first-order valence-electron chi connectivity index (χ1n) is 6.24. The van der Waals surface area contributed by atoms with Crippen LogP contribution in [0.4, 0.5) is 13.2 Å². The van der Waals surface area contributed by atoms with Crippen molar-refractivity contribution in [3.05, 3.63) is 53.6 Å². The Morgan fingerprint density at radius 3 is 2.38 bits per heavy atom. The lowest BCUT2D eigenvalue weighted by atomic mass is 10.1. The van der Waals surface area contributed by atoms with Crippen molar-refractivity contribution in [2.24, 2.45) is 5.73 Å². The van der Waals surface area contributed by atoms with E-state index in [4.69, 9.17) is 10.2 Å². The van der Waals surface area contributed by atoms with E-state index in [-0.39, 0.29) is 5.89 Å². The third-order valence-electron chi connectivity index (χ3n) is 3.15. The molecule has 6 heteroatoms. The van der Waals surface area contributed by atoms with Gasteiger partial charge in [-0.3, -0.25) is 0 Å². The topological polar surface area (TPSA) is 52.0 Å². The number of hydrogen-bond donors (Lipinski definition) is 1. The Bertz CT molecular complexity index is 776. The Labute approximate surface area is 118 Å². The van der Waals surface area contributed by atoms with Gasteiger partial charge in [-0.1, -0.05) is 6.07 Å². The first-order valence-corrected chi connectivity index (χ1v) is 6.24. The van der Waals surface area contributed by atoms with Crippen LogP contribution in [0.15, 0.2) is 46.9 Å². The number of rotatable bonds is 2. The van der Waals surface area contributed by atoms with E-state index < -0.39 is 11.7 Å². The minimum Gasteiger partial charge on any atom is -0.436 e. The third-order valence-corrected chi connectivity index (χ3v) is 3.15. The van der Waals surface area contributed by atoms with E-state index >= 15 is 0 Å². The predicted octanol–water partition coefficient (Wildman–Crippen LogP) is 3.97. The van der Waals surface area contributed by atoms with Gasteiger partial charge in [-0.25, -0.2) is 4.98 Å². The Balaban J connectivity index is 2.00. The molecule has 0 fully saturated rings. The molecule has 3 rings (SSSR count). The van der Waals surface area contributed by atoms with Crippen molar-refractivity contribution in [2.75, 3.05) is 0 Å². The zero-order valence-corrected chi connectivity index (χ0v) is 10.8. The van der Waals surface area contributed by atoms with Crippen LogP contribution in [0.25, 0.3) is 22.6 Å². The maximum absolute atomic E-state index is 12.5. The molecule has 0 saturated heterocycles. The molecule has 0 atom stereocenters. The van der Waals surface area contributed by atoms with Crippen LogP contribution in [0.2, 0.25) is 0 Å². The zero-order valence-electron chi connectivity index (χ0n) is 10.8. The van der Waals surface area contributed by atoms with Crippen molar-refractivity contribution in [2.45, 2.75) is 12.7 Å². The summed E-state index contributed by atoms with van der Waals surface area (Å²) >= 11 is 0. The molecule has 0 radical (unpaired) electrons. The molecule has 0 aliphatic rings. The average Bonchev–Trinajstić information content (AvgIpc) is 2.89. The van der Waals surface area contributed by atoms with Crippen LogP contribution in [-0.2, 0) is 12.7 Å². The van der Waals surface area contributed by atoms with Gasteiger partial charge in [-0.15, -0.1) is 0 Å². The average molecular weight is 292 g/mol. The predicted molar refractivity (Wildman–Crippen MR) is 72.3 cm³/mol. The van der Waals surface area contributed by atoms with Crippen LogP contribution >= 0.6 is 0 Å². The SMILES string of the molecule is NCc1ccc2nc(-c3ccc(C(F)(F)F)cc3)oc2c1.